The molecule has 3 aromatic rings. The number of benzene rings is 1. The number of nitrogens with two attached hydrogens (primary N) is 1. The van der Waals surface area contributed by atoms with Crippen LogP contribution in [-0.4, -0.2) is 34.7 Å². The molecular formula is C18H21ClN4OS. The van der Waals surface area contributed by atoms with Crippen molar-refractivity contribution < 1.29 is 4.52 Å². The number of nitrogens with zero attached hydrogens (tertiary/aromatic N) is 3. The minimum absolute atomic E-state index is 0. The van der Waals surface area contributed by atoms with Gasteiger partial charge in [-0.05, 0) is 29.5 Å². The summed E-state index contributed by atoms with van der Waals surface area (Å²) in [4.78, 5) is 7.92. The maximum atomic E-state index is 6.01. The van der Waals surface area contributed by atoms with Crippen LogP contribution < -0.4 is 5.73 Å². The molecule has 1 aliphatic rings. The van der Waals surface area contributed by atoms with Gasteiger partial charge in [0.25, 0.3) is 0 Å². The van der Waals surface area contributed by atoms with E-state index >= 15 is 0 Å². The molecule has 0 amide bonds. The first kappa shape index (κ1) is 18.1. The van der Waals surface area contributed by atoms with Gasteiger partial charge in [0.15, 0.2) is 0 Å². The van der Waals surface area contributed by atoms with E-state index in [1.807, 2.05) is 17.5 Å². The van der Waals surface area contributed by atoms with Gasteiger partial charge >= 0.3 is 0 Å². The Morgan fingerprint density at radius 2 is 2.00 bits per heavy atom. The number of thiophene rings is 1. The summed E-state index contributed by atoms with van der Waals surface area (Å²) in [6.07, 6.45) is 0. The molecule has 0 radical (unpaired) electrons. The molecule has 7 heteroatoms. The molecule has 25 heavy (non-hydrogen) atoms. The number of halogens is 1. The van der Waals surface area contributed by atoms with E-state index in [9.17, 15) is 0 Å². The van der Waals surface area contributed by atoms with Crippen molar-refractivity contribution >= 4 is 23.7 Å². The van der Waals surface area contributed by atoms with E-state index in [4.69, 9.17) is 10.3 Å². The third-order valence-electron chi connectivity index (χ3n) is 4.62. The van der Waals surface area contributed by atoms with Gasteiger partial charge in [0.05, 0.1) is 11.4 Å². The first-order chi connectivity index (χ1) is 11.8. The standard InChI is InChI=1S/C18H20N4OS.ClH/c19-9-14-10-22(11-15(14)13-5-2-1-3-6-13)12-17-20-18(21-23-17)16-7-4-8-24-16;/h1-8,14-15H,9-12,19H2;1H/t14-,15+;/m1./s1. The van der Waals surface area contributed by atoms with Crippen LogP contribution in [0, 0.1) is 5.92 Å². The summed E-state index contributed by atoms with van der Waals surface area (Å²) in [7, 11) is 0. The number of rotatable bonds is 5. The Morgan fingerprint density at radius 1 is 1.16 bits per heavy atom. The molecule has 0 bridgehead atoms. The van der Waals surface area contributed by atoms with E-state index in [2.05, 4.69) is 45.4 Å². The maximum Gasteiger partial charge on any atom is 0.241 e. The maximum absolute atomic E-state index is 6.01. The van der Waals surface area contributed by atoms with Crippen molar-refractivity contribution in [1.82, 2.24) is 15.0 Å². The normalized spacial score (nSPS) is 20.5. The highest BCUT2D eigenvalue weighted by Crippen LogP contribution is 2.32. The van der Waals surface area contributed by atoms with Crippen LogP contribution in [0.2, 0.25) is 0 Å². The molecular weight excluding hydrogens is 356 g/mol. The van der Waals surface area contributed by atoms with Gasteiger partial charge in [-0.25, -0.2) is 0 Å². The largest absolute Gasteiger partial charge is 0.338 e. The fourth-order valence-electron chi connectivity index (χ4n) is 3.42. The summed E-state index contributed by atoms with van der Waals surface area (Å²) >= 11 is 1.62. The minimum Gasteiger partial charge on any atom is -0.338 e. The number of hydrogen-bond acceptors (Lipinski definition) is 6. The highest BCUT2D eigenvalue weighted by Gasteiger charge is 2.33. The van der Waals surface area contributed by atoms with Crippen molar-refractivity contribution in [3.05, 3.63) is 59.3 Å². The van der Waals surface area contributed by atoms with Gasteiger partial charge in [0.2, 0.25) is 11.7 Å². The topological polar surface area (TPSA) is 68.2 Å². The molecule has 2 N–H and O–H groups in total. The zero-order valence-corrected chi connectivity index (χ0v) is 15.4. The second kappa shape index (κ2) is 8.10. The Balaban J connectivity index is 0.00000182. The van der Waals surface area contributed by atoms with Gasteiger partial charge in [-0.15, -0.1) is 23.7 Å². The zero-order valence-electron chi connectivity index (χ0n) is 13.7. The van der Waals surface area contributed by atoms with Gasteiger partial charge < -0.3 is 10.3 Å². The summed E-state index contributed by atoms with van der Waals surface area (Å²) in [6, 6.07) is 14.6. The highest BCUT2D eigenvalue weighted by atomic mass is 35.5. The van der Waals surface area contributed by atoms with Crippen LogP contribution in [0.3, 0.4) is 0 Å². The molecule has 1 aromatic carbocycles. The molecule has 2 atom stereocenters. The predicted molar refractivity (Wildman–Crippen MR) is 102 cm³/mol. The van der Waals surface area contributed by atoms with Gasteiger partial charge in [-0.3, -0.25) is 4.90 Å². The van der Waals surface area contributed by atoms with Crippen molar-refractivity contribution in [2.45, 2.75) is 12.5 Å². The van der Waals surface area contributed by atoms with Gasteiger partial charge in [0.1, 0.15) is 0 Å². The van der Waals surface area contributed by atoms with E-state index in [1.165, 1.54) is 5.56 Å². The lowest BCUT2D eigenvalue weighted by Gasteiger charge is -2.16. The Labute approximate surface area is 157 Å². The van der Waals surface area contributed by atoms with Crippen molar-refractivity contribution in [2.75, 3.05) is 19.6 Å². The lowest BCUT2D eigenvalue weighted by Crippen LogP contribution is -2.23. The van der Waals surface area contributed by atoms with Crippen LogP contribution in [0.5, 0.6) is 0 Å². The molecule has 1 saturated heterocycles. The van der Waals surface area contributed by atoms with E-state index in [1.54, 1.807) is 11.3 Å². The fourth-order valence-corrected chi connectivity index (χ4v) is 4.07. The van der Waals surface area contributed by atoms with Crippen molar-refractivity contribution in [3.63, 3.8) is 0 Å². The monoisotopic (exact) mass is 376 g/mol. The Bertz CT molecular complexity index is 777. The van der Waals surface area contributed by atoms with Crippen LogP contribution in [0.15, 0.2) is 52.4 Å². The second-order valence-electron chi connectivity index (χ2n) is 6.20. The molecule has 2 aromatic heterocycles. The summed E-state index contributed by atoms with van der Waals surface area (Å²) in [5.74, 6) is 2.28. The SMILES string of the molecule is Cl.NC[C@@H]1CN(Cc2nc(-c3cccs3)no2)C[C@H]1c1ccccc1. The van der Waals surface area contributed by atoms with Crippen LogP contribution in [0.25, 0.3) is 10.7 Å². The van der Waals surface area contributed by atoms with Crippen LogP contribution in [0.1, 0.15) is 17.4 Å². The molecule has 5 nitrogen and oxygen atoms in total. The van der Waals surface area contributed by atoms with Crippen LogP contribution >= 0.6 is 23.7 Å². The molecule has 4 rings (SSSR count). The summed E-state index contributed by atoms with van der Waals surface area (Å²) < 4.78 is 5.43. The average molecular weight is 377 g/mol. The molecule has 0 aliphatic carbocycles. The highest BCUT2D eigenvalue weighted by molar-refractivity contribution is 7.13. The third-order valence-corrected chi connectivity index (χ3v) is 5.48. The van der Waals surface area contributed by atoms with Gasteiger partial charge in [-0.2, -0.15) is 4.98 Å². The van der Waals surface area contributed by atoms with Gasteiger partial charge in [0, 0.05) is 19.0 Å². The van der Waals surface area contributed by atoms with Gasteiger partial charge in [-0.1, -0.05) is 41.6 Å². The van der Waals surface area contributed by atoms with Crippen LogP contribution in [0.4, 0.5) is 0 Å². The number of likely N-dealkylation sites (tertiary alicyclic amines) is 1. The average Bonchev–Trinajstić information content (AvgIpc) is 3.36. The van der Waals surface area contributed by atoms with Crippen LogP contribution in [-0.2, 0) is 6.54 Å². The smallest absolute Gasteiger partial charge is 0.241 e. The molecule has 132 valence electrons. The number of hydrogen-bond donors (Lipinski definition) is 1. The van der Waals surface area contributed by atoms with E-state index in [-0.39, 0.29) is 12.4 Å². The summed E-state index contributed by atoms with van der Waals surface area (Å²) in [6.45, 7) is 3.31. The molecule has 1 fully saturated rings. The Hall–Kier alpha value is -1.73. The quantitative estimate of drug-likeness (QED) is 0.739. The Kier molecular flexibility index (Phi) is 5.86. The number of aromatic nitrogens is 2. The zero-order chi connectivity index (χ0) is 16.4. The minimum atomic E-state index is 0. The van der Waals surface area contributed by atoms with E-state index < -0.39 is 0 Å². The third kappa shape index (κ3) is 3.93. The summed E-state index contributed by atoms with van der Waals surface area (Å²) in [5.41, 5.74) is 7.37. The fraction of sp³-hybridized carbons (Fsp3) is 0.333. The Morgan fingerprint density at radius 3 is 2.72 bits per heavy atom. The van der Waals surface area contributed by atoms with E-state index in [0.717, 1.165) is 18.0 Å². The van der Waals surface area contributed by atoms with E-state index in [0.29, 0.717) is 36.6 Å². The molecule has 3 heterocycles. The van der Waals surface area contributed by atoms with Crippen molar-refractivity contribution in [1.29, 1.82) is 0 Å². The summed E-state index contributed by atoms with van der Waals surface area (Å²) in [5, 5.41) is 6.11. The first-order valence-electron chi connectivity index (χ1n) is 8.17. The second-order valence-corrected chi connectivity index (χ2v) is 7.14. The van der Waals surface area contributed by atoms with Crippen molar-refractivity contribution in [3.8, 4) is 10.7 Å². The molecule has 0 unspecified atom stereocenters. The lowest BCUT2D eigenvalue weighted by atomic mass is 9.89. The first-order valence-corrected chi connectivity index (χ1v) is 9.05. The molecule has 0 spiro atoms. The lowest BCUT2D eigenvalue weighted by molar-refractivity contribution is 0.260. The molecule has 0 saturated carbocycles. The van der Waals surface area contributed by atoms with Crippen molar-refractivity contribution in [2.24, 2.45) is 11.7 Å². The predicted octanol–water partition coefficient (Wildman–Crippen LogP) is 3.39. The molecule has 1 aliphatic heterocycles.